The first-order valence-electron chi connectivity index (χ1n) is 10.2. The molecule has 0 bridgehead atoms. The number of hydrogen-bond acceptors (Lipinski definition) is 5. The second kappa shape index (κ2) is 10.7. The summed E-state index contributed by atoms with van der Waals surface area (Å²) in [6.45, 7) is 4.51. The smallest absolute Gasteiger partial charge is 0.490 e. The van der Waals surface area contributed by atoms with Crippen molar-refractivity contribution in [3.05, 3.63) is 72.4 Å². The van der Waals surface area contributed by atoms with Crippen LogP contribution in [0.25, 0.3) is 22.6 Å². The fraction of sp³-hybridized carbons (Fsp3) is 0.208. The number of aliphatic carboxylic acids is 1. The second-order valence-corrected chi connectivity index (χ2v) is 7.36. The number of halogens is 3. The second-order valence-electron chi connectivity index (χ2n) is 7.36. The van der Waals surface area contributed by atoms with Crippen LogP contribution in [0, 0.1) is 0 Å². The molecule has 0 unspecified atom stereocenters. The van der Waals surface area contributed by atoms with Crippen molar-refractivity contribution >= 4 is 17.1 Å². The number of fused-ring (bicyclic) bond motifs is 1. The number of carbonyl (C=O) groups is 1. The SMILES string of the molecule is CC(C)Oc1cc(OCc2ccccc2)ccc1-c1nc2cccnc2[nH]1.O=C(O)C(F)(F)F. The monoisotopic (exact) mass is 473 g/mol. The lowest BCUT2D eigenvalue weighted by atomic mass is 10.1. The van der Waals surface area contributed by atoms with E-state index >= 15 is 0 Å². The van der Waals surface area contributed by atoms with Gasteiger partial charge in [-0.3, -0.25) is 0 Å². The third kappa shape index (κ3) is 6.71. The number of carboxylic acid groups (broad SMARTS) is 1. The maximum absolute atomic E-state index is 10.6. The molecule has 0 fully saturated rings. The first-order valence-corrected chi connectivity index (χ1v) is 10.2. The van der Waals surface area contributed by atoms with Gasteiger partial charge in [0.05, 0.1) is 11.7 Å². The summed E-state index contributed by atoms with van der Waals surface area (Å²) in [5.74, 6) is -0.538. The Hall–Kier alpha value is -4.08. The number of H-pyrrole nitrogens is 1. The van der Waals surface area contributed by atoms with Crippen molar-refractivity contribution in [3.8, 4) is 22.9 Å². The van der Waals surface area contributed by atoms with Crippen LogP contribution >= 0.6 is 0 Å². The Balaban J connectivity index is 0.000000406. The van der Waals surface area contributed by atoms with E-state index in [-0.39, 0.29) is 6.10 Å². The molecule has 0 aliphatic carbocycles. The van der Waals surface area contributed by atoms with E-state index in [2.05, 4.69) is 15.0 Å². The predicted molar refractivity (Wildman–Crippen MR) is 120 cm³/mol. The molecule has 0 radical (unpaired) electrons. The molecule has 10 heteroatoms. The van der Waals surface area contributed by atoms with Gasteiger partial charge in [-0.05, 0) is 43.7 Å². The Labute approximate surface area is 193 Å². The Bertz CT molecular complexity index is 1210. The molecule has 2 heterocycles. The average Bonchev–Trinajstić information content (AvgIpc) is 3.22. The third-order valence-corrected chi connectivity index (χ3v) is 4.32. The zero-order valence-electron chi connectivity index (χ0n) is 18.3. The molecule has 7 nitrogen and oxygen atoms in total. The summed E-state index contributed by atoms with van der Waals surface area (Å²) >= 11 is 0. The molecule has 0 spiro atoms. The van der Waals surface area contributed by atoms with Crippen molar-refractivity contribution in [2.45, 2.75) is 32.7 Å². The fourth-order valence-corrected chi connectivity index (χ4v) is 2.85. The molecule has 0 atom stereocenters. The molecule has 178 valence electrons. The molecule has 4 aromatic rings. The molecule has 0 aliphatic rings. The van der Waals surface area contributed by atoms with E-state index in [4.69, 9.17) is 19.4 Å². The predicted octanol–water partition coefficient (Wildman–Crippen LogP) is 5.62. The van der Waals surface area contributed by atoms with Crippen LogP contribution in [0.3, 0.4) is 0 Å². The summed E-state index contributed by atoms with van der Waals surface area (Å²) in [5, 5.41) is 7.12. The van der Waals surface area contributed by atoms with Crippen LogP contribution < -0.4 is 9.47 Å². The number of imidazole rings is 1. The van der Waals surface area contributed by atoms with E-state index in [1.54, 1.807) is 6.20 Å². The molecule has 2 aromatic carbocycles. The number of aromatic amines is 1. The normalized spacial score (nSPS) is 11.1. The van der Waals surface area contributed by atoms with Crippen molar-refractivity contribution in [1.29, 1.82) is 0 Å². The highest BCUT2D eigenvalue weighted by atomic mass is 19.4. The van der Waals surface area contributed by atoms with Crippen LogP contribution in [0.1, 0.15) is 19.4 Å². The Morgan fingerprint density at radius 1 is 1.09 bits per heavy atom. The number of benzene rings is 2. The summed E-state index contributed by atoms with van der Waals surface area (Å²) < 4.78 is 43.7. The Morgan fingerprint density at radius 3 is 2.41 bits per heavy atom. The van der Waals surface area contributed by atoms with E-state index in [0.29, 0.717) is 6.61 Å². The van der Waals surface area contributed by atoms with E-state index in [0.717, 1.165) is 39.6 Å². The van der Waals surface area contributed by atoms with Crippen LogP contribution in [0.5, 0.6) is 11.5 Å². The van der Waals surface area contributed by atoms with Crippen LogP contribution in [0.4, 0.5) is 13.2 Å². The number of carboxylic acids is 1. The molecule has 0 aliphatic heterocycles. The van der Waals surface area contributed by atoms with Gasteiger partial charge in [0.25, 0.3) is 0 Å². The first kappa shape index (κ1) is 24.6. The van der Waals surface area contributed by atoms with Gasteiger partial charge in [0, 0.05) is 12.3 Å². The van der Waals surface area contributed by atoms with E-state index in [1.807, 2.05) is 74.5 Å². The first-order chi connectivity index (χ1) is 16.1. The number of ether oxygens (including phenoxy) is 2. The van der Waals surface area contributed by atoms with Crippen molar-refractivity contribution in [1.82, 2.24) is 15.0 Å². The molecular formula is C24H22F3N3O4. The molecule has 34 heavy (non-hydrogen) atoms. The largest absolute Gasteiger partial charge is 0.490 e. The summed E-state index contributed by atoms with van der Waals surface area (Å²) in [6.07, 6.45) is -3.30. The number of nitrogens with zero attached hydrogens (tertiary/aromatic N) is 2. The van der Waals surface area contributed by atoms with Crippen molar-refractivity contribution in [3.63, 3.8) is 0 Å². The minimum Gasteiger partial charge on any atom is -0.490 e. The van der Waals surface area contributed by atoms with E-state index in [1.165, 1.54) is 0 Å². The van der Waals surface area contributed by atoms with E-state index in [9.17, 15) is 13.2 Å². The summed E-state index contributed by atoms with van der Waals surface area (Å²) in [5.41, 5.74) is 3.59. The number of hydrogen-bond donors (Lipinski definition) is 2. The number of aromatic nitrogens is 3. The lowest BCUT2D eigenvalue weighted by Gasteiger charge is -2.15. The number of alkyl halides is 3. The highest BCUT2D eigenvalue weighted by Gasteiger charge is 2.38. The van der Waals surface area contributed by atoms with Crippen molar-refractivity contribution in [2.24, 2.45) is 0 Å². The van der Waals surface area contributed by atoms with Crippen molar-refractivity contribution in [2.75, 3.05) is 0 Å². The fourth-order valence-electron chi connectivity index (χ4n) is 2.85. The topological polar surface area (TPSA) is 97.3 Å². The molecule has 2 aromatic heterocycles. The summed E-state index contributed by atoms with van der Waals surface area (Å²) in [6, 6.07) is 19.7. The molecule has 0 saturated heterocycles. The van der Waals surface area contributed by atoms with Crippen LogP contribution in [-0.4, -0.2) is 38.3 Å². The van der Waals surface area contributed by atoms with Crippen LogP contribution in [0.2, 0.25) is 0 Å². The van der Waals surface area contributed by atoms with Gasteiger partial charge in [0.1, 0.15) is 29.4 Å². The molecular weight excluding hydrogens is 451 g/mol. The van der Waals surface area contributed by atoms with Gasteiger partial charge in [-0.25, -0.2) is 14.8 Å². The maximum atomic E-state index is 10.6. The van der Waals surface area contributed by atoms with E-state index < -0.39 is 12.1 Å². The van der Waals surface area contributed by atoms with Gasteiger partial charge in [-0.2, -0.15) is 13.2 Å². The van der Waals surface area contributed by atoms with Gasteiger partial charge in [-0.1, -0.05) is 30.3 Å². The average molecular weight is 473 g/mol. The van der Waals surface area contributed by atoms with Crippen LogP contribution in [-0.2, 0) is 11.4 Å². The molecule has 2 N–H and O–H groups in total. The third-order valence-electron chi connectivity index (χ3n) is 4.32. The summed E-state index contributed by atoms with van der Waals surface area (Å²) in [7, 11) is 0. The lowest BCUT2D eigenvalue weighted by molar-refractivity contribution is -0.192. The number of rotatable bonds is 6. The zero-order valence-corrected chi connectivity index (χ0v) is 18.3. The lowest BCUT2D eigenvalue weighted by Crippen LogP contribution is -2.21. The minimum atomic E-state index is -5.08. The molecule has 0 saturated carbocycles. The standard InChI is InChI=1S/C22H21N3O2.C2HF3O2/c1-15(2)27-20-13-17(26-14-16-7-4-3-5-8-16)10-11-18(20)21-24-19-9-6-12-23-22(19)25-21;3-2(4,5)1(6)7/h3-13,15H,14H2,1-2H3,(H,23,24,25);(H,6,7). The van der Waals surface area contributed by atoms with Gasteiger partial charge in [-0.15, -0.1) is 0 Å². The minimum absolute atomic E-state index is 0.0376. The number of pyridine rings is 1. The van der Waals surface area contributed by atoms with Gasteiger partial charge in [0.2, 0.25) is 0 Å². The quantitative estimate of drug-likeness (QED) is 0.377. The maximum Gasteiger partial charge on any atom is 0.490 e. The van der Waals surface area contributed by atoms with Gasteiger partial charge >= 0.3 is 12.1 Å². The molecule has 4 rings (SSSR count). The zero-order chi connectivity index (χ0) is 24.7. The Kier molecular flexibility index (Phi) is 7.72. The van der Waals surface area contributed by atoms with Crippen molar-refractivity contribution < 1.29 is 32.5 Å². The van der Waals surface area contributed by atoms with Gasteiger partial charge < -0.3 is 19.6 Å². The summed E-state index contributed by atoms with van der Waals surface area (Å²) in [4.78, 5) is 21.1. The highest BCUT2D eigenvalue weighted by molar-refractivity contribution is 5.77. The number of nitrogens with one attached hydrogen (secondary N) is 1. The highest BCUT2D eigenvalue weighted by Crippen LogP contribution is 2.33. The van der Waals surface area contributed by atoms with Gasteiger partial charge in [0.15, 0.2) is 5.65 Å². The Morgan fingerprint density at radius 2 is 1.79 bits per heavy atom. The molecule has 0 amide bonds. The van der Waals surface area contributed by atoms with Crippen LogP contribution in [0.15, 0.2) is 66.9 Å².